The van der Waals surface area contributed by atoms with Crippen molar-refractivity contribution < 1.29 is 5.11 Å². The van der Waals surface area contributed by atoms with E-state index in [1.54, 1.807) is 12.1 Å². The zero-order chi connectivity index (χ0) is 12.3. The average Bonchev–Trinajstić information content (AvgIpc) is 2.34. The van der Waals surface area contributed by atoms with Crippen molar-refractivity contribution in [2.45, 2.75) is 45.2 Å². The summed E-state index contributed by atoms with van der Waals surface area (Å²) in [6, 6.07) is 5.99. The highest BCUT2D eigenvalue weighted by molar-refractivity contribution is 6.31. The molecule has 1 atom stereocenters. The minimum absolute atomic E-state index is 0.318. The molecule has 94 valence electrons. The normalized spacial score (nSPS) is 21.6. The largest absolute Gasteiger partial charge is 0.508 e. The molecule has 1 heterocycles. The Labute approximate surface area is 108 Å². The third-order valence-corrected chi connectivity index (χ3v) is 4.03. The smallest absolute Gasteiger partial charge is 0.121 e. The van der Waals surface area contributed by atoms with E-state index in [1.807, 2.05) is 6.07 Å². The Morgan fingerprint density at radius 1 is 1.41 bits per heavy atom. The average molecular weight is 254 g/mol. The molecular weight excluding hydrogens is 234 g/mol. The minimum atomic E-state index is 0.318. The molecule has 2 nitrogen and oxygen atoms in total. The fourth-order valence-corrected chi connectivity index (χ4v) is 2.87. The first-order valence-corrected chi connectivity index (χ1v) is 6.80. The van der Waals surface area contributed by atoms with Gasteiger partial charge in [-0.25, -0.2) is 0 Å². The first-order chi connectivity index (χ1) is 8.22. The lowest BCUT2D eigenvalue weighted by atomic mass is 9.99. The number of aromatic hydroxyl groups is 1. The summed E-state index contributed by atoms with van der Waals surface area (Å²) in [6.45, 7) is 4.11. The zero-order valence-corrected chi connectivity index (χ0v) is 11.1. The van der Waals surface area contributed by atoms with E-state index in [0.29, 0.717) is 16.8 Å². The quantitative estimate of drug-likeness (QED) is 0.886. The molecule has 1 saturated heterocycles. The molecule has 1 aliphatic rings. The standard InChI is InChI=1S/C14H20ClNO/c1-2-11-6-3-4-9-16(11)10-12-13(15)7-5-8-14(12)17/h5,7-8,11,17H,2-4,6,9-10H2,1H3. The molecule has 1 aromatic rings. The summed E-state index contributed by atoms with van der Waals surface area (Å²) in [5.74, 6) is 0.318. The zero-order valence-electron chi connectivity index (χ0n) is 10.3. The van der Waals surface area contributed by atoms with Crippen molar-refractivity contribution >= 4 is 11.6 Å². The monoisotopic (exact) mass is 253 g/mol. The third kappa shape index (κ3) is 2.93. The summed E-state index contributed by atoms with van der Waals surface area (Å²) < 4.78 is 0. The number of hydrogen-bond acceptors (Lipinski definition) is 2. The summed E-state index contributed by atoms with van der Waals surface area (Å²) in [4.78, 5) is 2.45. The summed E-state index contributed by atoms with van der Waals surface area (Å²) >= 11 is 6.15. The van der Waals surface area contributed by atoms with Gasteiger partial charge in [-0.15, -0.1) is 0 Å². The van der Waals surface area contributed by atoms with Crippen LogP contribution in [0, 0.1) is 0 Å². The van der Waals surface area contributed by atoms with E-state index in [1.165, 1.54) is 25.7 Å². The van der Waals surface area contributed by atoms with Crippen LogP contribution in [0.25, 0.3) is 0 Å². The van der Waals surface area contributed by atoms with Crippen LogP contribution in [0.3, 0.4) is 0 Å². The molecule has 0 radical (unpaired) electrons. The van der Waals surface area contributed by atoms with Crippen molar-refractivity contribution in [2.75, 3.05) is 6.54 Å². The van der Waals surface area contributed by atoms with Gasteiger partial charge < -0.3 is 5.11 Å². The number of rotatable bonds is 3. The van der Waals surface area contributed by atoms with Crippen molar-refractivity contribution in [1.82, 2.24) is 4.90 Å². The lowest BCUT2D eigenvalue weighted by molar-refractivity contribution is 0.135. The van der Waals surface area contributed by atoms with Crippen LogP contribution in [-0.4, -0.2) is 22.6 Å². The Morgan fingerprint density at radius 3 is 2.94 bits per heavy atom. The second-order valence-corrected chi connectivity index (χ2v) is 5.17. The van der Waals surface area contributed by atoms with Crippen LogP contribution in [0.2, 0.25) is 5.02 Å². The van der Waals surface area contributed by atoms with E-state index in [-0.39, 0.29) is 0 Å². The van der Waals surface area contributed by atoms with Crippen molar-refractivity contribution in [1.29, 1.82) is 0 Å². The fourth-order valence-electron chi connectivity index (χ4n) is 2.64. The van der Waals surface area contributed by atoms with Crippen molar-refractivity contribution in [3.63, 3.8) is 0 Å². The number of phenols is 1. The van der Waals surface area contributed by atoms with Crippen LogP contribution in [0.5, 0.6) is 5.75 Å². The van der Waals surface area contributed by atoms with Gasteiger partial charge in [0.2, 0.25) is 0 Å². The Hall–Kier alpha value is -0.730. The van der Waals surface area contributed by atoms with Crippen LogP contribution >= 0.6 is 11.6 Å². The van der Waals surface area contributed by atoms with E-state index in [4.69, 9.17) is 11.6 Å². The second-order valence-electron chi connectivity index (χ2n) is 4.77. The summed E-state index contributed by atoms with van der Waals surface area (Å²) in [5, 5.41) is 10.5. The Bertz CT molecular complexity index is 360. The highest BCUT2D eigenvalue weighted by atomic mass is 35.5. The molecule has 1 unspecified atom stereocenters. The Balaban J connectivity index is 2.13. The van der Waals surface area contributed by atoms with Gasteiger partial charge in [-0.05, 0) is 37.9 Å². The molecule has 0 bridgehead atoms. The van der Waals surface area contributed by atoms with Gasteiger partial charge in [0.15, 0.2) is 0 Å². The molecule has 0 aliphatic carbocycles. The first kappa shape index (κ1) is 12.7. The third-order valence-electron chi connectivity index (χ3n) is 3.68. The number of nitrogens with zero attached hydrogens (tertiary/aromatic N) is 1. The molecule has 3 heteroatoms. The van der Waals surface area contributed by atoms with Gasteiger partial charge in [-0.3, -0.25) is 4.90 Å². The van der Waals surface area contributed by atoms with Gasteiger partial charge in [0.25, 0.3) is 0 Å². The van der Waals surface area contributed by atoms with Crippen LogP contribution in [-0.2, 0) is 6.54 Å². The maximum absolute atomic E-state index is 9.87. The van der Waals surface area contributed by atoms with E-state index in [2.05, 4.69) is 11.8 Å². The molecule has 0 saturated carbocycles. The highest BCUT2D eigenvalue weighted by Gasteiger charge is 2.22. The van der Waals surface area contributed by atoms with Gasteiger partial charge >= 0.3 is 0 Å². The number of benzene rings is 1. The van der Waals surface area contributed by atoms with E-state index in [9.17, 15) is 5.11 Å². The van der Waals surface area contributed by atoms with E-state index in [0.717, 1.165) is 18.7 Å². The predicted molar refractivity (Wildman–Crippen MR) is 71.5 cm³/mol. The molecule has 1 aromatic carbocycles. The van der Waals surface area contributed by atoms with Crippen LogP contribution in [0.15, 0.2) is 18.2 Å². The lowest BCUT2D eigenvalue weighted by Crippen LogP contribution is -2.38. The van der Waals surface area contributed by atoms with Crippen LogP contribution in [0.4, 0.5) is 0 Å². The topological polar surface area (TPSA) is 23.5 Å². The summed E-state index contributed by atoms with van der Waals surface area (Å²) in [5.41, 5.74) is 0.870. The maximum Gasteiger partial charge on any atom is 0.121 e. The van der Waals surface area contributed by atoms with Gasteiger partial charge in [0.05, 0.1) is 0 Å². The lowest BCUT2D eigenvalue weighted by Gasteiger charge is -2.35. The molecule has 0 aromatic heterocycles. The molecule has 0 amide bonds. The van der Waals surface area contributed by atoms with Gasteiger partial charge in [0.1, 0.15) is 5.75 Å². The number of phenolic OH excluding ortho intramolecular Hbond substituents is 1. The molecule has 0 spiro atoms. The van der Waals surface area contributed by atoms with Gasteiger partial charge in [-0.2, -0.15) is 0 Å². The van der Waals surface area contributed by atoms with Crippen molar-refractivity contribution in [2.24, 2.45) is 0 Å². The molecule has 17 heavy (non-hydrogen) atoms. The Kier molecular flexibility index (Phi) is 4.30. The summed E-state index contributed by atoms with van der Waals surface area (Å²) in [6.07, 6.45) is 5.01. The molecule has 1 fully saturated rings. The van der Waals surface area contributed by atoms with E-state index >= 15 is 0 Å². The van der Waals surface area contributed by atoms with Crippen molar-refractivity contribution in [3.05, 3.63) is 28.8 Å². The molecule has 1 N–H and O–H groups in total. The van der Waals surface area contributed by atoms with Crippen LogP contribution in [0.1, 0.15) is 38.2 Å². The number of piperidine rings is 1. The first-order valence-electron chi connectivity index (χ1n) is 6.42. The summed E-state index contributed by atoms with van der Waals surface area (Å²) in [7, 11) is 0. The second kappa shape index (κ2) is 5.74. The Morgan fingerprint density at radius 2 is 2.24 bits per heavy atom. The molecular formula is C14H20ClNO. The predicted octanol–water partition coefficient (Wildman–Crippen LogP) is 3.81. The van der Waals surface area contributed by atoms with Gasteiger partial charge in [-0.1, -0.05) is 31.0 Å². The number of hydrogen-bond donors (Lipinski definition) is 1. The highest BCUT2D eigenvalue weighted by Crippen LogP contribution is 2.29. The molecule has 1 aliphatic heterocycles. The van der Waals surface area contributed by atoms with E-state index < -0.39 is 0 Å². The maximum atomic E-state index is 9.87. The minimum Gasteiger partial charge on any atom is -0.508 e. The van der Waals surface area contributed by atoms with Crippen molar-refractivity contribution in [3.8, 4) is 5.75 Å². The fraction of sp³-hybridized carbons (Fsp3) is 0.571. The van der Waals surface area contributed by atoms with Gasteiger partial charge in [0, 0.05) is 23.2 Å². The van der Waals surface area contributed by atoms with Crippen LogP contribution < -0.4 is 0 Å². The SMILES string of the molecule is CCC1CCCCN1Cc1c(O)cccc1Cl. The molecule has 2 rings (SSSR count). The number of halogens is 1. The number of likely N-dealkylation sites (tertiary alicyclic amines) is 1.